The molecule has 0 aromatic heterocycles. The number of benzene rings is 1. The van der Waals surface area contributed by atoms with Gasteiger partial charge in [-0.05, 0) is 44.0 Å². The molecule has 0 atom stereocenters. The number of nitrogens with two attached hydrogens (primary N) is 1. The van der Waals surface area contributed by atoms with Gasteiger partial charge >= 0.3 is 0 Å². The quantitative estimate of drug-likeness (QED) is 0.752. The van der Waals surface area contributed by atoms with E-state index in [4.69, 9.17) is 5.73 Å². The molecule has 5 nitrogen and oxygen atoms in total. The first-order valence-electron chi connectivity index (χ1n) is 6.60. The molecule has 0 bridgehead atoms. The number of hydrogen-bond donors (Lipinski definition) is 3. The lowest BCUT2D eigenvalue weighted by molar-refractivity contribution is -0.117. The van der Waals surface area contributed by atoms with E-state index in [0.717, 1.165) is 12.8 Å². The summed E-state index contributed by atoms with van der Waals surface area (Å²) in [6.45, 7) is 0.505. The second-order valence-corrected chi connectivity index (χ2v) is 4.78. The Bertz CT molecular complexity index is 475. The van der Waals surface area contributed by atoms with E-state index in [1.165, 1.54) is 0 Å². The Labute approximate surface area is 124 Å². The van der Waals surface area contributed by atoms with Gasteiger partial charge in [-0.1, -0.05) is 6.07 Å². The van der Waals surface area contributed by atoms with Gasteiger partial charge in [0, 0.05) is 23.7 Å². The summed E-state index contributed by atoms with van der Waals surface area (Å²) in [5.74, 6) is 0.172. The number of anilines is 2. The third-order valence-corrected chi connectivity index (χ3v) is 2.97. The van der Waals surface area contributed by atoms with Crippen LogP contribution in [-0.4, -0.2) is 18.4 Å². The molecule has 0 heterocycles. The molecule has 2 amide bonds. The Morgan fingerprint density at radius 2 is 1.85 bits per heavy atom. The molecule has 1 aromatic rings. The Hall–Kier alpha value is -1.59. The predicted octanol–water partition coefficient (Wildman–Crippen LogP) is 2.13. The van der Waals surface area contributed by atoms with Gasteiger partial charge in [0.05, 0.1) is 0 Å². The molecular weight excluding hydrogens is 278 g/mol. The standard InChI is InChI=1S/C14H19N3O2.ClH/c15-8-2-5-13(18)16-11-3-1-4-12(9-11)17-14(19)10-6-7-10;/h1,3-4,9-10H,2,5-8,15H2,(H,16,18)(H,17,19);1H. The fourth-order valence-corrected chi connectivity index (χ4v) is 1.75. The number of nitrogens with one attached hydrogen (secondary N) is 2. The van der Waals surface area contributed by atoms with E-state index in [9.17, 15) is 9.59 Å². The lowest BCUT2D eigenvalue weighted by Crippen LogP contribution is -2.15. The van der Waals surface area contributed by atoms with Gasteiger partial charge in [0.1, 0.15) is 0 Å². The zero-order valence-corrected chi connectivity index (χ0v) is 12.0. The normalized spacial score (nSPS) is 13.2. The zero-order chi connectivity index (χ0) is 13.7. The van der Waals surface area contributed by atoms with Crippen LogP contribution in [0.2, 0.25) is 0 Å². The van der Waals surface area contributed by atoms with Gasteiger partial charge in [-0.25, -0.2) is 0 Å². The van der Waals surface area contributed by atoms with E-state index < -0.39 is 0 Å². The Morgan fingerprint density at radius 1 is 1.20 bits per heavy atom. The first kappa shape index (κ1) is 16.5. The summed E-state index contributed by atoms with van der Waals surface area (Å²) < 4.78 is 0. The first-order valence-corrected chi connectivity index (χ1v) is 6.60. The summed E-state index contributed by atoms with van der Waals surface area (Å²) in [5.41, 5.74) is 6.76. The van der Waals surface area contributed by atoms with Crippen LogP contribution in [-0.2, 0) is 9.59 Å². The van der Waals surface area contributed by atoms with Gasteiger partial charge < -0.3 is 16.4 Å². The van der Waals surface area contributed by atoms with Crippen molar-refractivity contribution in [3.8, 4) is 0 Å². The molecule has 20 heavy (non-hydrogen) atoms. The highest BCUT2D eigenvalue weighted by Gasteiger charge is 2.29. The molecule has 1 saturated carbocycles. The van der Waals surface area contributed by atoms with Crippen molar-refractivity contribution in [3.63, 3.8) is 0 Å². The van der Waals surface area contributed by atoms with E-state index in [2.05, 4.69) is 10.6 Å². The molecule has 6 heteroatoms. The summed E-state index contributed by atoms with van der Waals surface area (Å²) in [7, 11) is 0. The molecule has 4 N–H and O–H groups in total. The van der Waals surface area contributed by atoms with Crippen molar-refractivity contribution in [2.24, 2.45) is 11.7 Å². The molecule has 110 valence electrons. The van der Waals surface area contributed by atoms with Crippen LogP contribution in [0.1, 0.15) is 25.7 Å². The molecule has 0 aliphatic heterocycles. The second kappa shape index (κ2) is 7.87. The maximum atomic E-state index is 11.6. The number of hydrogen-bond acceptors (Lipinski definition) is 3. The summed E-state index contributed by atoms with van der Waals surface area (Å²) in [6.07, 6.45) is 3.03. The second-order valence-electron chi connectivity index (χ2n) is 4.78. The summed E-state index contributed by atoms with van der Waals surface area (Å²) in [6, 6.07) is 7.19. The SMILES string of the molecule is Cl.NCCCC(=O)Nc1cccc(NC(=O)C2CC2)c1. The van der Waals surface area contributed by atoms with Crippen molar-refractivity contribution >= 4 is 35.6 Å². The molecule has 0 spiro atoms. The van der Waals surface area contributed by atoms with Crippen molar-refractivity contribution in [3.05, 3.63) is 24.3 Å². The van der Waals surface area contributed by atoms with Crippen LogP contribution in [0.5, 0.6) is 0 Å². The molecule has 1 fully saturated rings. The Balaban J connectivity index is 0.00000200. The number of halogens is 1. The number of carbonyl (C=O) groups excluding carboxylic acids is 2. The van der Waals surface area contributed by atoms with Crippen molar-refractivity contribution in [2.45, 2.75) is 25.7 Å². The van der Waals surface area contributed by atoms with Crippen LogP contribution in [0, 0.1) is 5.92 Å². The van der Waals surface area contributed by atoms with Gasteiger partial charge in [0.25, 0.3) is 0 Å². The Kier molecular flexibility index (Phi) is 6.48. The molecule has 0 unspecified atom stereocenters. The van der Waals surface area contributed by atoms with E-state index in [-0.39, 0.29) is 30.1 Å². The van der Waals surface area contributed by atoms with Crippen molar-refractivity contribution in [1.29, 1.82) is 0 Å². The monoisotopic (exact) mass is 297 g/mol. The zero-order valence-electron chi connectivity index (χ0n) is 11.2. The van der Waals surface area contributed by atoms with Gasteiger partial charge in [-0.15, -0.1) is 12.4 Å². The summed E-state index contributed by atoms with van der Waals surface area (Å²) in [4.78, 5) is 23.2. The molecule has 1 aliphatic carbocycles. The van der Waals surface area contributed by atoms with Crippen molar-refractivity contribution < 1.29 is 9.59 Å². The Morgan fingerprint density at radius 3 is 2.45 bits per heavy atom. The van der Waals surface area contributed by atoms with Crippen LogP contribution in [0.4, 0.5) is 11.4 Å². The highest BCUT2D eigenvalue weighted by Crippen LogP contribution is 2.30. The van der Waals surface area contributed by atoms with E-state index in [1.807, 2.05) is 6.07 Å². The average molecular weight is 298 g/mol. The topological polar surface area (TPSA) is 84.2 Å². The molecule has 1 aliphatic rings. The van der Waals surface area contributed by atoms with Gasteiger partial charge in [-0.3, -0.25) is 9.59 Å². The predicted molar refractivity (Wildman–Crippen MR) is 82.0 cm³/mol. The van der Waals surface area contributed by atoms with Crippen LogP contribution in [0.3, 0.4) is 0 Å². The van der Waals surface area contributed by atoms with Crippen LogP contribution in [0.15, 0.2) is 24.3 Å². The minimum Gasteiger partial charge on any atom is -0.330 e. The number of amides is 2. The van der Waals surface area contributed by atoms with E-state index in [0.29, 0.717) is 30.8 Å². The molecular formula is C14H20ClN3O2. The third kappa shape index (κ3) is 5.19. The average Bonchev–Trinajstić information content (AvgIpc) is 3.21. The minimum absolute atomic E-state index is 0. The maximum Gasteiger partial charge on any atom is 0.227 e. The smallest absolute Gasteiger partial charge is 0.227 e. The van der Waals surface area contributed by atoms with Crippen LogP contribution >= 0.6 is 12.4 Å². The molecule has 0 radical (unpaired) electrons. The number of rotatable bonds is 6. The van der Waals surface area contributed by atoms with Gasteiger partial charge in [0.2, 0.25) is 11.8 Å². The third-order valence-electron chi connectivity index (χ3n) is 2.97. The van der Waals surface area contributed by atoms with E-state index >= 15 is 0 Å². The fourth-order valence-electron chi connectivity index (χ4n) is 1.75. The first-order chi connectivity index (χ1) is 9.19. The lowest BCUT2D eigenvalue weighted by Gasteiger charge is -2.08. The fraction of sp³-hybridized carbons (Fsp3) is 0.429. The maximum absolute atomic E-state index is 11.6. The summed E-state index contributed by atoms with van der Waals surface area (Å²) in [5, 5.41) is 5.64. The van der Waals surface area contributed by atoms with Crippen LogP contribution in [0.25, 0.3) is 0 Å². The van der Waals surface area contributed by atoms with Gasteiger partial charge in [0.15, 0.2) is 0 Å². The van der Waals surface area contributed by atoms with Crippen LogP contribution < -0.4 is 16.4 Å². The lowest BCUT2D eigenvalue weighted by atomic mass is 10.2. The number of carbonyl (C=O) groups is 2. The highest BCUT2D eigenvalue weighted by atomic mass is 35.5. The molecule has 1 aromatic carbocycles. The largest absolute Gasteiger partial charge is 0.330 e. The van der Waals surface area contributed by atoms with Crippen molar-refractivity contribution in [2.75, 3.05) is 17.2 Å². The summed E-state index contributed by atoms with van der Waals surface area (Å²) >= 11 is 0. The van der Waals surface area contributed by atoms with E-state index in [1.54, 1.807) is 18.2 Å². The highest BCUT2D eigenvalue weighted by molar-refractivity contribution is 5.95. The van der Waals surface area contributed by atoms with Crippen molar-refractivity contribution in [1.82, 2.24) is 0 Å². The molecule has 2 rings (SSSR count). The molecule has 0 saturated heterocycles. The van der Waals surface area contributed by atoms with Gasteiger partial charge in [-0.2, -0.15) is 0 Å². The minimum atomic E-state index is -0.0591.